The molecule has 11 heteroatoms. The lowest BCUT2D eigenvalue weighted by atomic mass is 9.91. The van der Waals surface area contributed by atoms with Gasteiger partial charge in [-0.25, -0.2) is 9.79 Å². The number of ether oxygens (including phenoxy) is 4. The first kappa shape index (κ1) is 24.1. The third-order valence-corrected chi connectivity index (χ3v) is 5.49. The summed E-state index contributed by atoms with van der Waals surface area (Å²) in [6, 6.07) is 4.34. The van der Waals surface area contributed by atoms with E-state index in [1.165, 1.54) is 14.2 Å². The molecule has 1 saturated heterocycles. The molecule has 11 nitrogen and oxygen atoms in total. The second-order valence-electron chi connectivity index (χ2n) is 7.40. The standard InChI is InChI=1S/C22H30N4O7/c1-5-32-20(28)17-18(14-7-8-15(30-3)16(13-14)31-4)23-21(24-19(17)27)25-9-11-26(12-10-25)22(29)33-6-2/h7-8,13,17-18H,5-6,9-12H2,1-4H3,(H,23,24,27). The molecular weight excluding hydrogens is 432 g/mol. The molecule has 0 aliphatic carbocycles. The fourth-order valence-corrected chi connectivity index (χ4v) is 3.82. The fourth-order valence-electron chi connectivity index (χ4n) is 3.82. The quantitative estimate of drug-likeness (QED) is 0.495. The van der Waals surface area contributed by atoms with Gasteiger partial charge < -0.3 is 28.7 Å². The van der Waals surface area contributed by atoms with Gasteiger partial charge in [-0.05, 0) is 31.5 Å². The zero-order valence-electron chi connectivity index (χ0n) is 19.3. The van der Waals surface area contributed by atoms with Crippen LogP contribution >= 0.6 is 0 Å². The third kappa shape index (κ3) is 5.29. The Bertz CT molecular complexity index is 912. The zero-order chi connectivity index (χ0) is 24.0. The number of guanidine groups is 1. The number of nitrogens with zero attached hydrogens (tertiary/aromatic N) is 3. The number of methoxy groups -OCH3 is 2. The van der Waals surface area contributed by atoms with Crippen LogP contribution in [0.15, 0.2) is 23.2 Å². The van der Waals surface area contributed by atoms with Crippen LogP contribution in [0.3, 0.4) is 0 Å². The number of benzene rings is 1. The summed E-state index contributed by atoms with van der Waals surface area (Å²) in [6.07, 6.45) is -0.364. The first-order valence-electron chi connectivity index (χ1n) is 10.9. The predicted molar refractivity (Wildman–Crippen MR) is 118 cm³/mol. The first-order valence-corrected chi connectivity index (χ1v) is 10.9. The van der Waals surface area contributed by atoms with Crippen molar-refractivity contribution in [3.8, 4) is 11.5 Å². The van der Waals surface area contributed by atoms with E-state index < -0.39 is 23.8 Å². The number of carbonyl (C=O) groups excluding carboxylic acids is 3. The molecule has 2 heterocycles. The minimum Gasteiger partial charge on any atom is -0.493 e. The van der Waals surface area contributed by atoms with Gasteiger partial charge in [0.1, 0.15) is 6.04 Å². The Labute approximate surface area is 192 Å². The molecule has 2 unspecified atom stereocenters. The zero-order valence-corrected chi connectivity index (χ0v) is 19.3. The van der Waals surface area contributed by atoms with Crippen molar-refractivity contribution in [3.05, 3.63) is 23.8 Å². The van der Waals surface area contributed by atoms with Gasteiger partial charge >= 0.3 is 12.1 Å². The minimum absolute atomic E-state index is 0.146. The van der Waals surface area contributed by atoms with E-state index in [2.05, 4.69) is 5.32 Å². The lowest BCUT2D eigenvalue weighted by Crippen LogP contribution is -2.58. The van der Waals surface area contributed by atoms with Gasteiger partial charge in [-0.1, -0.05) is 6.07 Å². The van der Waals surface area contributed by atoms with Gasteiger partial charge in [0.05, 0.1) is 27.4 Å². The highest BCUT2D eigenvalue weighted by molar-refractivity contribution is 6.08. The van der Waals surface area contributed by atoms with Gasteiger partial charge in [0.15, 0.2) is 17.4 Å². The van der Waals surface area contributed by atoms with Crippen LogP contribution in [0.1, 0.15) is 25.5 Å². The molecule has 0 aromatic heterocycles. The Balaban J connectivity index is 1.90. The number of aliphatic imine (C=N–C) groups is 1. The van der Waals surface area contributed by atoms with Crippen LogP contribution in [0.4, 0.5) is 4.79 Å². The second-order valence-corrected chi connectivity index (χ2v) is 7.40. The summed E-state index contributed by atoms with van der Waals surface area (Å²) < 4.78 is 20.9. The summed E-state index contributed by atoms with van der Waals surface area (Å²) in [5, 5.41) is 2.74. The van der Waals surface area contributed by atoms with Gasteiger partial charge in [0, 0.05) is 26.2 Å². The molecule has 0 radical (unpaired) electrons. The SMILES string of the molecule is CCOC(=O)C1C(=O)NC(N2CCN(C(=O)OCC)CC2)=NC1c1ccc(OC)c(OC)c1. The fraction of sp³-hybridized carbons (Fsp3) is 0.545. The van der Waals surface area contributed by atoms with Crippen LogP contribution in [0.25, 0.3) is 0 Å². The number of rotatable bonds is 6. The molecule has 1 N–H and O–H groups in total. The maximum Gasteiger partial charge on any atom is 0.409 e. The van der Waals surface area contributed by atoms with Crippen molar-refractivity contribution in [2.45, 2.75) is 19.9 Å². The summed E-state index contributed by atoms with van der Waals surface area (Å²) in [4.78, 5) is 45.9. The van der Waals surface area contributed by atoms with E-state index in [0.717, 1.165) is 0 Å². The van der Waals surface area contributed by atoms with Crippen LogP contribution in [0, 0.1) is 5.92 Å². The molecule has 2 atom stereocenters. The second kappa shape index (κ2) is 10.9. The van der Waals surface area contributed by atoms with E-state index in [0.29, 0.717) is 55.8 Å². The average Bonchev–Trinajstić information content (AvgIpc) is 2.83. The number of hydrogen-bond donors (Lipinski definition) is 1. The van der Waals surface area contributed by atoms with E-state index in [1.54, 1.807) is 36.9 Å². The molecule has 0 saturated carbocycles. The molecule has 0 bridgehead atoms. The van der Waals surface area contributed by atoms with Crippen molar-refractivity contribution in [1.82, 2.24) is 15.1 Å². The lowest BCUT2D eigenvalue weighted by molar-refractivity contribution is -0.153. The highest BCUT2D eigenvalue weighted by Crippen LogP contribution is 2.36. The molecule has 33 heavy (non-hydrogen) atoms. The van der Waals surface area contributed by atoms with Gasteiger partial charge in [-0.2, -0.15) is 0 Å². The van der Waals surface area contributed by atoms with E-state index in [9.17, 15) is 14.4 Å². The van der Waals surface area contributed by atoms with Crippen LogP contribution in [0.5, 0.6) is 11.5 Å². The minimum atomic E-state index is -1.15. The predicted octanol–water partition coefficient (Wildman–Crippen LogP) is 1.18. The van der Waals surface area contributed by atoms with Crippen molar-refractivity contribution in [3.63, 3.8) is 0 Å². The first-order chi connectivity index (χ1) is 15.9. The summed E-state index contributed by atoms with van der Waals surface area (Å²) in [5.74, 6) is -0.955. The molecule has 1 aromatic rings. The Morgan fingerprint density at radius 1 is 1.03 bits per heavy atom. The van der Waals surface area contributed by atoms with Gasteiger partial charge in [-0.3, -0.25) is 14.9 Å². The lowest BCUT2D eigenvalue weighted by Gasteiger charge is -2.38. The van der Waals surface area contributed by atoms with Crippen molar-refractivity contribution in [2.75, 3.05) is 53.6 Å². The van der Waals surface area contributed by atoms with Crippen molar-refractivity contribution >= 4 is 23.9 Å². The van der Waals surface area contributed by atoms with E-state index >= 15 is 0 Å². The number of amides is 2. The number of hydrogen-bond acceptors (Lipinski definition) is 9. The third-order valence-electron chi connectivity index (χ3n) is 5.49. The topological polar surface area (TPSA) is 119 Å². The Hall–Kier alpha value is -3.50. The number of carbonyl (C=O) groups is 3. The number of piperazine rings is 1. The monoisotopic (exact) mass is 462 g/mol. The van der Waals surface area contributed by atoms with Crippen molar-refractivity contribution in [1.29, 1.82) is 0 Å². The molecule has 2 aliphatic rings. The average molecular weight is 463 g/mol. The molecule has 2 aliphatic heterocycles. The molecular formula is C22H30N4O7. The summed E-state index contributed by atoms with van der Waals surface area (Å²) >= 11 is 0. The summed E-state index contributed by atoms with van der Waals surface area (Å²) in [5.41, 5.74) is 0.614. The Morgan fingerprint density at radius 3 is 2.30 bits per heavy atom. The molecule has 180 valence electrons. The van der Waals surface area contributed by atoms with Crippen LogP contribution in [0.2, 0.25) is 0 Å². The molecule has 1 fully saturated rings. The van der Waals surface area contributed by atoms with Gasteiger partial charge in [0.25, 0.3) is 0 Å². The number of esters is 1. The van der Waals surface area contributed by atoms with E-state index in [1.807, 2.05) is 4.90 Å². The van der Waals surface area contributed by atoms with Gasteiger partial charge in [-0.15, -0.1) is 0 Å². The van der Waals surface area contributed by atoms with E-state index in [4.69, 9.17) is 23.9 Å². The summed E-state index contributed by atoms with van der Waals surface area (Å²) in [6.45, 7) is 5.67. The largest absolute Gasteiger partial charge is 0.493 e. The summed E-state index contributed by atoms with van der Waals surface area (Å²) in [7, 11) is 3.04. The van der Waals surface area contributed by atoms with Crippen LogP contribution < -0.4 is 14.8 Å². The highest BCUT2D eigenvalue weighted by Gasteiger charge is 2.42. The molecule has 3 rings (SSSR count). The Morgan fingerprint density at radius 2 is 1.70 bits per heavy atom. The van der Waals surface area contributed by atoms with Crippen molar-refractivity contribution in [2.24, 2.45) is 10.9 Å². The maximum atomic E-state index is 13.0. The maximum absolute atomic E-state index is 13.0. The van der Waals surface area contributed by atoms with Crippen molar-refractivity contribution < 1.29 is 33.3 Å². The normalized spacial score (nSPS) is 20.5. The van der Waals surface area contributed by atoms with Gasteiger partial charge in [0.2, 0.25) is 11.9 Å². The Kier molecular flexibility index (Phi) is 7.96. The smallest absolute Gasteiger partial charge is 0.409 e. The number of nitrogens with one attached hydrogen (secondary N) is 1. The van der Waals surface area contributed by atoms with Crippen LogP contribution in [-0.4, -0.2) is 87.3 Å². The molecule has 1 aromatic carbocycles. The molecule has 0 spiro atoms. The van der Waals surface area contributed by atoms with Crippen LogP contribution in [-0.2, 0) is 19.1 Å². The molecule has 2 amide bonds. The highest BCUT2D eigenvalue weighted by atomic mass is 16.6. The van der Waals surface area contributed by atoms with E-state index in [-0.39, 0.29) is 12.7 Å².